The molecule has 3 N–H and O–H groups in total. The Hall–Kier alpha value is -0.810. The van der Waals surface area contributed by atoms with Gasteiger partial charge in [0.05, 0.1) is 0 Å². The molecule has 0 bridgehead atoms. The summed E-state index contributed by atoms with van der Waals surface area (Å²) in [5.41, 5.74) is 0. The maximum atomic E-state index is 9.12. The zero-order valence-corrected chi connectivity index (χ0v) is 2.70. The zero-order valence-electron chi connectivity index (χ0n) is 2.70. The normalized spacial score (nSPS) is 7.67. The largest absolute Gasteiger partial charge is 0.462 e. The fourth-order valence-electron chi connectivity index (χ4n) is 0. The first-order chi connectivity index (χ1) is 2.64. The van der Waals surface area contributed by atoms with Crippen molar-refractivity contribution in [2.45, 2.75) is 0 Å². The van der Waals surface area contributed by atoms with Crippen LogP contribution in [-0.2, 0) is 0 Å². The maximum Gasteiger partial charge on any atom is 0.457 e. The Kier molecular flexibility index (Phi) is 1.37. The van der Waals surface area contributed by atoms with Crippen molar-refractivity contribution in [3.05, 3.63) is 0 Å². The minimum Gasteiger partial charge on any atom is -0.462 e. The molecule has 0 rings (SSSR count). The van der Waals surface area contributed by atoms with Gasteiger partial charge in [-0.1, -0.05) is 5.23 Å². The average Bonchev–Trinajstić information content (AvgIpc) is 1.36. The first kappa shape index (κ1) is 5.19. The molecule has 0 saturated heterocycles. The molecule has 0 aromatic heterocycles. The molecule has 5 heteroatoms. The van der Waals surface area contributed by atoms with E-state index in [9.17, 15) is 0 Å². The van der Waals surface area contributed by atoms with Gasteiger partial charge < -0.3 is 5.11 Å². The summed E-state index contributed by atoms with van der Waals surface area (Å²) in [6, 6.07) is 0. The summed E-state index contributed by atoms with van der Waals surface area (Å²) >= 11 is 0. The van der Waals surface area contributed by atoms with Crippen LogP contribution >= 0.6 is 0 Å². The van der Waals surface area contributed by atoms with Gasteiger partial charge in [-0.3, -0.25) is 10.4 Å². The van der Waals surface area contributed by atoms with Crippen LogP contribution in [0.2, 0.25) is 0 Å². The second kappa shape index (κ2) is 1.58. The van der Waals surface area contributed by atoms with Gasteiger partial charge in [0.15, 0.2) is 0 Å². The van der Waals surface area contributed by atoms with E-state index in [1.807, 2.05) is 0 Å². The van der Waals surface area contributed by atoms with E-state index in [0.717, 1.165) is 0 Å². The number of amides is 1. The number of hydrogen-bond acceptors (Lipinski definition) is 3. The van der Waals surface area contributed by atoms with Gasteiger partial charge >= 0.3 is 6.09 Å². The molecule has 0 aliphatic rings. The zero-order chi connectivity index (χ0) is 5.15. The Labute approximate surface area is 33.0 Å². The summed E-state index contributed by atoms with van der Waals surface area (Å²) in [5.74, 6) is 0. The smallest absolute Gasteiger partial charge is 0.457 e. The maximum absolute atomic E-state index is 9.12. The third-order valence-corrected chi connectivity index (χ3v) is 0.171. The summed E-state index contributed by atoms with van der Waals surface area (Å²) in [6.45, 7) is 0. The summed E-state index contributed by atoms with van der Waals surface area (Å²) in [5, 5.41) is 21.3. The predicted octanol–water partition coefficient (Wildman–Crippen LogP) is -0.255. The lowest BCUT2D eigenvalue weighted by Crippen LogP contribution is -2.20. The minimum atomic E-state index is -1.80. The van der Waals surface area contributed by atoms with Crippen molar-refractivity contribution in [3.8, 4) is 0 Å². The van der Waals surface area contributed by atoms with Crippen molar-refractivity contribution in [2.24, 2.45) is 0 Å². The molecule has 0 heterocycles. The molecule has 36 valence electrons. The molecule has 6 heavy (non-hydrogen) atoms. The predicted molar refractivity (Wildman–Crippen MR) is 13.4 cm³/mol. The second-order valence-electron chi connectivity index (χ2n) is 0.572. The highest BCUT2D eigenvalue weighted by Gasteiger charge is 1.98. The van der Waals surface area contributed by atoms with Crippen molar-refractivity contribution in [2.75, 3.05) is 0 Å². The molecule has 0 atom stereocenters. The summed E-state index contributed by atoms with van der Waals surface area (Å²) < 4.78 is 0. The molecular formula is CH3NO4. The topological polar surface area (TPSA) is 81.0 Å². The van der Waals surface area contributed by atoms with Crippen molar-refractivity contribution in [1.29, 1.82) is 0 Å². The highest BCUT2D eigenvalue weighted by atomic mass is 16.8. The van der Waals surface area contributed by atoms with E-state index in [0.29, 0.717) is 0 Å². The summed E-state index contributed by atoms with van der Waals surface area (Å²) in [7, 11) is 0. The average molecular weight is 93.0 g/mol. The Morgan fingerprint density at radius 3 is 1.67 bits per heavy atom. The molecule has 0 unspecified atom stereocenters. The number of nitrogens with zero attached hydrogens (tertiary/aromatic N) is 1. The molecular weight excluding hydrogens is 90.0 g/mol. The van der Waals surface area contributed by atoms with Crippen LogP contribution in [0.5, 0.6) is 0 Å². The van der Waals surface area contributed by atoms with E-state index >= 15 is 0 Å². The standard InChI is InChI=1S/CH3NO4/c3-1(4)2(5)6/h5-6H,(H,3,4). The summed E-state index contributed by atoms with van der Waals surface area (Å²) in [4.78, 5) is 9.12. The van der Waals surface area contributed by atoms with Crippen LogP contribution < -0.4 is 0 Å². The van der Waals surface area contributed by atoms with Crippen LogP contribution in [0.3, 0.4) is 0 Å². The first-order valence-corrected chi connectivity index (χ1v) is 1.05. The van der Waals surface area contributed by atoms with Gasteiger partial charge in [0.1, 0.15) is 0 Å². The highest BCUT2D eigenvalue weighted by Crippen LogP contribution is 1.68. The molecule has 0 aliphatic carbocycles. The van der Waals surface area contributed by atoms with Crippen LogP contribution in [0.4, 0.5) is 4.79 Å². The van der Waals surface area contributed by atoms with Crippen molar-refractivity contribution in [1.82, 2.24) is 5.23 Å². The third-order valence-electron chi connectivity index (χ3n) is 0.171. The Morgan fingerprint density at radius 2 is 1.67 bits per heavy atom. The minimum absolute atomic E-state index is 0.917. The van der Waals surface area contributed by atoms with Crippen LogP contribution in [0.25, 0.3) is 0 Å². The van der Waals surface area contributed by atoms with Gasteiger partial charge in [-0.15, -0.1) is 0 Å². The fourth-order valence-corrected chi connectivity index (χ4v) is 0. The molecule has 0 spiro atoms. The molecule has 0 aliphatic heterocycles. The lowest BCUT2D eigenvalue weighted by Gasteiger charge is -1.94. The van der Waals surface area contributed by atoms with Gasteiger partial charge in [0.2, 0.25) is 0 Å². The van der Waals surface area contributed by atoms with Gasteiger partial charge in [-0.05, 0) is 0 Å². The molecule has 0 aromatic carbocycles. The molecule has 1 amide bonds. The SMILES string of the molecule is O=C(O)N(O)O. The first-order valence-electron chi connectivity index (χ1n) is 1.05. The van der Waals surface area contributed by atoms with E-state index in [1.54, 1.807) is 0 Å². The lowest BCUT2D eigenvalue weighted by atomic mass is 11.3. The molecule has 0 fully saturated rings. The third kappa shape index (κ3) is 1.50. The van der Waals surface area contributed by atoms with Crippen LogP contribution in [0.15, 0.2) is 0 Å². The van der Waals surface area contributed by atoms with Crippen LogP contribution in [-0.4, -0.2) is 26.8 Å². The Morgan fingerprint density at radius 1 is 1.50 bits per heavy atom. The van der Waals surface area contributed by atoms with E-state index in [1.165, 1.54) is 0 Å². The summed E-state index contributed by atoms with van der Waals surface area (Å²) in [6.07, 6.45) is -1.80. The van der Waals surface area contributed by atoms with Crippen LogP contribution in [0.1, 0.15) is 0 Å². The molecule has 0 aromatic rings. The highest BCUT2D eigenvalue weighted by molar-refractivity contribution is 5.61. The number of carboxylic acid groups (broad SMARTS) is 1. The number of hydrogen-bond donors (Lipinski definition) is 3. The molecule has 5 nitrogen and oxygen atoms in total. The van der Waals surface area contributed by atoms with Crippen molar-refractivity contribution >= 4 is 6.09 Å². The number of carbonyl (C=O) groups is 1. The van der Waals surface area contributed by atoms with E-state index in [-0.39, 0.29) is 0 Å². The lowest BCUT2D eigenvalue weighted by molar-refractivity contribution is -0.268. The van der Waals surface area contributed by atoms with Crippen molar-refractivity contribution in [3.63, 3.8) is 0 Å². The second-order valence-corrected chi connectivity index (χ2v) is 0.572. The van der Waals surface area contributed by atoms with E-state index in [4.69, 9.17) is 20.3 Å². The van der Waals surface area contributed by atoms with E-state index < -0.39 is 11.3 Å². The van der Waals surface area contributed by atoms with Gasteiger partial charge in [-0.2, -0.15) is 0 Å². The number of rotatable bonds is 0. The number of hydroxylamine groups is 2. The monoisotopic (exact) mass is 93.0 g/mol. The Bertz CT molecular complexity index is 58.6. The Balaban J connectivity index is 3.26. The van der Waals surface area contributed by atoms with Crippen LogP contribution in [0, 0.1) is 0 Å². The fraction of sp³-hybridized carbons (Fsp3) is 0. The molecule has 0 radical (unpaired) electrons. The van der Waals surface area contributed by atoms with Crippen molar-refractivity contribution < 1.29 is 20.3 Å². The van der Waals surface area contributed by atoms with Gasteiger partial charge in [-0.25, -0.2) is 4.79 Å². The van der Waals surface area contributed by atoms with Gasteiger partial charge in [0, 0.05) is 0 Å². The molecule has 0 saturated carbocycles. The quantitative estimate of drug-likeness (QED) is 0.285. The van der Waals surface area contributed by atoms with E-state index in [2.05, 4.69) is 0 Å². The van der Waals surface area contributed by atoms with Gasteiger partial charge in [0.25, 0.3) is 0 Å².